The molecule has 1 amide bonds. The number of fused-ring (bicyclic) bond motifs is 1. The van der Waals surface area contributed by atoms with Crippen LogP contribution in [0, 0.1) is 18.6 Å². The van der Waals surface area contributed by atoms with Crippen molar-refractivity contribution in [3.63, 3.8) is 0 Å². The van der Waals surface area contributed by atoms with Crippen molar-refractivity contribution < 1.29 is 31.9 Å². The van der Waals surface area contributed by atoms with Gasteiger partial charge in [-0.2, -0.15) is 13.2 Å². The number of halogens is 5. The van der Waals surface area contributed by atoms with Gasteiger partial charge < -0.3 is 15.4 Å². The van der Waals surface area contributed by atoms with Gasteiger partial charge in [0.1, 0.15) is 11.6 Å². The Morgan fingerprint density at radius 2 is 1.97 bits per heavy atom. The van der Waals surface area contributed by atoms with Gasteiger partial charge in [0, 0.05) is 28.8 Å². The first kappa shape index (κ1) is 22.3. The van der Waals surface area contributed by atoms with Gasteiger partial charge in [0.15, 0.2) is 5.69 Å². The van der Waals surface area contributed by atoms with Crippen molar-refractivity contribution in [2.24, 2.45) is 0 Å². The lowest BCUT2D eigenvalue weighted by atomic mass is 10.0. The highest BCUT2D eigenvalue weighted by Crippen LogP contribution is 2.34. The summed E-state index contributed by atoms with van der Waals surface area (Å²) in [6, 6.07) is 2.52. The van der Waals surface area contributed by atoms with Crippen LogP contribution in [0.1, 0.15) is 28.4 Å². The number of rotatable bonds is 5. The lowest BCUT2D eigenvalue weighted by Crippen LogP contribution is -2.34. The van der Waals surface area contributed by atoms with E-state index in [2.05, 4.69) is 15.3 Å². The quantitative estimate of drug-likeness (QED) is 0.531. The molecule has 0 saturated carbocycles. The number of nitrogens with zero attached hydrogens (tertiary/aromatic N) is 1. The van der Waals surface area contributed by atoms with Gasteiger partial charge in [0.05, 0.1) is 24.6 Å². The highest BCUT2D eigenvalue weighted by Gasteiger charge is 2.35. The van der Waals surface area contributed by atoms with Crippen LogP contribution < -0.4 is 10.9 Å². The average Bonchev–Trinajstić information content (AvgIpc) is 2.68. The number of carbonyl (C=O) groups excluding carboxylic acids is 1. The van der Waals surface area contributed by atoms with Crippen LogP contribution in [0.2, 0.25) is 0 Å². The minimum absolute atomic E-state index is 0.0807. The van der Waals surface area contributed by atoms with Crippen LogP contribution in [0.3, 0.4) is 0 Å². The van der Waals surface area contributed by atoms with Gasteiger partial charge in [-0.3, -0.25) is 14.6 Å². The Morgan fingerprint density at radius 1 is 1.26 bits per heavy atom. The van der Waals surface area contributed by atoms with Gasteiger partial charge in [-0.05, 0) is 24.6 Å². The Labute approximate surface area is 171 Å². The molecule has 3 N–H and O–H groups in total. The SMILES string of the molecule is Cc1c(CC(=O)N[C@H](CO)c2ccc(F)cc2F)c(=O)[nH]c2ccnc(C(F)(F)F)c12. The zero-order valence-electron chi connectivity index (χ0n) is 16.0. The predicted molar refractivity (Wildman–Crippen MR) is 100 cm³/mol. The number of amides is 1. The molecule has 0 aliphatic carbocycles. The maximum atomic E-state index is 14.0. The Hall–Kier alpha value is -3.34. The van der Waals surface area contributed by atoms with Crippen molar-refractivity contribution in [3.05, 3.63) is 74.8 Å². The van der Waals surface area contributed by atoms with Gasteiger partial charge >= 0.3 is 6.18 Å². The van der Waals surface area contributed by atoms with Crippen LogP contribution in [-0.2, 0) is 17.4 Å². The van der Waals surface area contributed by atoms with Crippen LogP contribution in [0.15, 0.2) is 35.3 Å². The molecule has 164 valence electrons. The van der Waals surface area contributed by atoms with Crippen LogP contribution in [0.25, 0.3) is 10.9 Å². The summed E-state index contributed by atoms with van der Waals surface area (Å²) in [5, 5.41) is 11.4. The van der Waals surface area contributed by atoms with E-state index in [4.69, 9.17) is 0 Å². The molecule has 3 aromatic rings. The maximum Gasteiger partial charge on any atom is 0.434 e. The minimum Gasteiger partial charge on any atom is -0.394 e. The number of hydrogen-bond acceptors (Lipinski definition) is 4. The first-order valence-electron chi connectivity index (χ1n) is 8.95. The molecule has 0 aliphatic rings. The third kappa shape index (κ3) is 4.55. The van der Waals surface area contributed by atoms with E-state index in [0.29, 0.717) is 6.07 Å². The van der Waals surface area contributed by atoms with Gasteiger partial charge in [0.25, 0.3) is 5.56 Å². The number of aryl methyl sites for hydroxylation is 1. The number of benzene rings is 1. The lowest BCUT2D eigenvalue weighted by Gasteiger charge is -2.18. The number of aromatic amines is 1. The summed E-state index contributed by atoms with van der Waals surface area (Å²) in [5.74, 6) is -2.70. The van der Waals surface area contributed by atoms with Crippen molar-refractivity contribution in [2.45, 2.75) is 25.6 Å². The summed E-state index contributed by atoms with van der Waals surface area (Å²) >= 11 is 0. The molecule has 0 saturated heterocycles. The molecule has 3 rings (SSSR count). The molecule has 1 aromatic carbocycles. The van der Waals surface area contributed by atoms with Crippen LogP contribution in [-0.4, -0.2) is 27.6 Å². The van der Waals surface area contributed by atoms with Crippen molar-refractivity contribution in [3.8, 4) is 0 Å². The molecular formula is C20H16F5N3O3. The number of aliphatic hydroxyl groups excluding tert-OH is 1. The van der Waals surface area contributed by atoms with Crippen molar-refractivity contribution in [1.29, 1.82) is 0 Å². The maximum absolute atomic E-state index is 14.0. The second-order valence-corrected chi connectivity index (χ2v) is 6.78. The summed E-state index contributed by atoms with van der Waals surface area (Å²) in [6.45, 7) is 0.532. The van der Waals surface area contributed by atoms with E-state index in [1.54, 1.807) is 0 Å². The Morgan fingerprint density at radius 3 is 2.58 bits per heavy atom. The molecule has 2 heterocycles. The van der Waals surface area contributed by atoms with E-state index in [-0.39, 0.29) is 27.6 Å². The number of pyridine rings is 2. The standard InChI is InChI=1S/C20H16F5N3O3/c1-9-12(19(31)28-14-4-5-26-18(17(9)14)20(23,24)25)7-16(30)27-15(8-29)11-3-2-10(21)6-13(11)22/h2-6,15,29H,7-8H2,1H3,(H,27,30)(H,28,31)/t15-/m1/s1. The number of aliphatic hydroxyl groups is 1. The molecule has 6 nitrogen and oxygen atoms in total. The summed E-state index contributed by atoms with van der Waals surface area (Å²) in [7, 11) is 0. The first-order chi connectivity index (χ1) is 14.5. The minimum atomic E-state index is -4.79. The monoisotopic (exact) mass is 441 g/mol. The van der Waals surface area contributed by atoms with Gasteiger partial charge in [-0.25, -0.2) is 8.78 Å². The number of hydrogen-bond donors (Lipinski definition) is 3. The number of H-pyrrole nitrogens is 1. The molecule has 31 heavy (non-hydrogen) atoms. The Bertz CT molecular complexity index is 1210. The third-order valence-electron chi connectivity index (χ3n) is 4.76. The van der Waals surface area contributed by atoms with Gasteiger partial charge in [-0.15, -0.1) is 0 Å². The first-order valence-corrected chi connectivity index (χ1v) is 8.95. The molecule has 1 atom stereocenters. The van der Waals surface area contributed by atoms with Crippen molar-refractivity contribution in [2.75, 3.05) is 6.61 Å². The molecule has 0 bridgehead atoms. The number of alkyl halides is 3. The average molecular weight is 441 g/mol. The van der Waals surface area contributed by atoms with E-state index in [1.165, 1.54) is 13.0 Å². The number of aromatic nitrogens is 2. The summed E-state index contributed by atoms with van der Waals surface area (Å²) in [4.78, 5) is 30.5. The lowest BCUT2D eigenvalue weighted by molar-refractivity contribution is -0.139. The van der Waals surface area contributed by atoms with Crippen LogP contribution in [0.5, 0.6) is 0 Å². The summed E-state index contributed by atoms with van der Waals surface area (Å²) in [6.07, 6.45) is -4.51. The third-order valence-corrected chi connectivity index (χ3v) is 4.76. The van der Waals surface area contributed by atoms with Crippen molar-refractivity contribution in [1.82, 2.24) is 15.3 Å². The fourth-order valence-corrected chi connectivity index (χ4v) is 3.30. The highest BCUT2D eigenvalue weighted by atomic mass is 19.4. The van der Waals surface area contributed by atoms with E-state index in [0.717, 1.165) is 18.3 Å². The summed E-state index contributed by atoms with van der Waals surface area (Å²) < 4.78 is 67.1. The zero-order valence-corrected chi connectivity index (χ0v) is 16.0. The van der Waals surface area contributed by atoms with E-state index < -0.39 is 54.0 Å². The Balaban J connectivity index is 1.95. The number of nitrogens with one attached hydrogen (secondary N) is 2. The van der Waals surface area contributed by atoms with Gasteiger partial charge in [0.2, 0.25) is 5.91 Å². The zero-order chi connectivity index (χ0) is 22.9. The predicted octanol–water partition coefficient (Wildman–Crippen LogP) is 2.92. The van der Waals surface area contributed by atoms with Crippen LogP contribution >= 0.6 is 0 Å². The van der Waals surface area contributed by atoms with Crippen LogP contribution in [0.4, 0.5) is 22.0 Å². The number of carbonyl (C=O) groups is 1. The largest absolute Gasteiger partial charge is 0.434 e. The molecule has 0 aliphatic heterocycles. The molecule has 11 heteroatoms. The molecule has 0 fully saturated rings. The van der Waals surface area contributed by atoms with E-state index in [9.17, 15) is 36.6 Å². The fourth-order valence-electron chi connectivity index (χ4n) is 3.30. The second kappa shape index (κ2) is 8.42. The molecule has 0 radical (unpaired) electrons. The van der Waals surface area contributed by atoms with E-state index in [1.807, 2.05) is 0 Å². The van der Waals surface area contributed by atoms with Crippen molar-refractivity contribution >= 4 is 16.8 Å². The normalized spacial score (nSPS) is 12.7. The molecular weight excluding hydrogens is 425 g/mol. The molecule has 0 spiro atoms. The topological polar surface area (TPSA) is 95.1 Å². The Kier molecular flexibility index (Phi) is 6.07. The van der Waals surface area contributed by atoms with Gasteiger partial charge in [-0.1, -0.05) is 6.07 Å². The molecule has 2 aromatic heterocycles. The smallest absolute Gasteiger partial charge is 0.394 e. The second-order valence-electron chi connectivity index (χ2n) is 6.78. The van der Waals surface area contributed by atoms with E-state index >= 15 is 0 Å². The highest BCUT2D eigenvalue weighted by molar-refractivity contribution is 5.87. The summed E-state index contributed by atoms with van der Waals surface area (Å²) in [5.41, 5.74) is -2.57. The molecule has 0 unspecified atom stereocenters. The fraction of sp³-hybridized carbons (Fsp3) is 0.250.